The highest BCUT2D eigenvalue weighted by atomic mass is 16.5. The van der Waals surface area contributed by atoms with Gasteiger partial charge in [0.1, 0.15) is 0 Å². The zero-order valence-corrected chi connectivity index (χ0v) is 17.2. The molecule has 0 bridgehead atoms. The number of allylic oxidation sites excluding steroid dienone is 1. The van der Waals surface area contributed by atoms with Gasteiger partial charge in [-0.15, -0.1) is 0 Å². The Morgan fingerprint density at radius 1 is 1.29 bits per heavy atom. The predicted octanol–water partition coefficient (Wildman–Crippen LogP) is 2.71. The van der Waals surface area contributed by atoms with Crippen LogP contribution in [0.3, 0.4) is 0 Å². The molecule has 1 aromatic rings. The number of ether oxygens (including phenoxy) is 1. The Bertz CT molecular complexity index is 718. The third kappa shape index (κ3) is 4.33. The first-order chi connectivity index (χ1) is 13.8. The fourth-order valence-corrected chi connectivity index (χ4v) is 4.78. The van der Waals surface area contributed by atoms with Crippen molar-refractivity contribution in [3.05, 3.63) is 28.6 Å². The fourth-order valence-electron chi connectivity index (χ4n) is 4.78. The van der Waals surface area contributed by atoms with E-state index in [9.17, 15) is 4.79 Å². The lowest BCUT2D eigenvalue weighted by Gasteiger charge is -2.28. The summed E-state index contributed by atoms with van der Waals surface area (Å²) < 4.78 is 7.45. The summed E-state index contributed by atoms with van der Waals surface area (Å²) in [5.41, 5.74) is 4.75. The van der Waals surface area contributed by atoms with Crippen LogP contribution in [0.1, 0.15) is 67.2 Å². The first-order valence-corrected chi connectivity index (χ1v) is 11.1. The zero-order valence-electron chi connectivity index (χ0n) is 17.2. The number of nitrogens with one attached hydrogen (secondary N) is 1. The summed E-state index contributed by atoms with van der Waals surface area (Å²) in [6.07, 6.45) is 11.9. The van der Waals surface area contributed by atoms with Crippen LogP contribution in [-0.2, 0) is 24.1 Å². The van der Waals surface area contributed by atoms with Gasteiger partial charge in [-0.05, 0) is 64.8 Å². The molecule has 1 aliphatic heterocycles. The molecule has 28 heavy (non-hydrogen) atoms. The molecule has 154 valence electrons. The molecule has 1 aromatic heterocycles. The molecular formula is C22H34N4O2. The normalized spacial score (nSPS) is 22.7. The summed E-state index contributed by atoms with van der Waals surface area (Å²) in [5, 5.41) is 8.48. The number of aryl methyl sites for hydroxylation is 1. The minimum Gasteiger partial charge on any atom is -0.378 e. The molecule has 3 aliphatic rings. The smallest absolute Gasteiger partial charge is 0.274 e. The van der Waals surface area contributed by atoms with Gasteiger partial charge >= 0.3 is 0 Å². The molecule has 1 N–H and O–H groups in total. The van der Waals surface area contributed by atoms with Gasteiger partial charge in [0.25, 0.3) is 5.91 Å². The molecule has 4 rings (SSSR count). The highest BCUT2D eigenvalue weighted by Gasteiger charge is 2.31. The fraction of sp³-hybridized carbons (Fsp3) is 0.727. The van der Waals surface area contributed by atoms with Crippen molar-refractivity contribution in [2.45, 2.75) is 70.9 Å². The van der Waals surface area contributed by atoms with Crippen LogP contribution in [0, 0.1) is 0 Å². The van der Waals surface area contributed by atoms with E-state index in [1.807, 2.05) is 9.58 Å². The Kier molecular flexibility index (Phi) is 6.47. The summed E-state index contributed by atoms with van der Waals surface area (Å²) in [7, 11) is 0. The number of carbonyl (C=O) groups excluding carboxylic acids is 1. The molecular weight excluding hydrogens is 352 g/mol. The monoisotopic (exact) mass is 386 g/mol. The van der Waals surface area contributed by atoms with Crippen LogP contribution in [0.15, 0.2) is 11.6 Å². The van der Waals surface area contributed by atoms with Crippen molar-refractivity contribution >= 4 is 5.91 Å². The summed E-state index contributed by atoms with van der Waals surface area (Å²) in [6, 6.07) is 0.447. The number of hydrogen-bond acceptors (Lipinski definition) is 4. The van der Waals surface area contributed by atoms with Crippen molar-refractivity contribution in [3.8, 4) is 0 Å². The number of fused-ring (bicyclic) bond motifs is 1. The number of hydrogen-bond donors (Lipinski definition) is 1. The molecule has 6 heteroatoms. The van der Waals surface area contributed by atoms with Gasteiger partial charge in [0.15, 0.2) is 5.69 Å². The van der Waals surface area contributed by atoms with Crippen molar-refractivity contribution < 1.29 is 9.53 Å². The quantitative estimate of drug-likeness (QED) is 0.764. The van der Waals surface area contributed by atoms with Crippen LogP contribution < -0.4 is 5.32 Å². The number of rotatable bonds is 6. The van der Waals surface area contributed by atoms with Gasteiger partial charge in [0.05, 0.1) is 13.2 Å². The lowest BCUT2D eigenvalue weighted by atomic mass is 9.90. The number of aromatic nitrogens is 2. The van der Waals surface area contributed by atoms with Gasteiger partial charge in [-0.25, -0.2) is 0 Å². The highest BCUT2D eigenvalue weighted by Crippen LogP contribution is 2.27. The van der Waals surface area contributed by atoms with Gasteiger partial charge in [-0.1, -0.05) is 11.6 Å². The Morgan fingerprint density at radius 3 is 2.89 bits per heavy atom. The van der Waals surface area contributed by atoms with E-state index in [4.69, 9.17) is 9.84 Å². The number of carbonyl (C=O) groups is 1. The molecule has 1 amide bonds. The Labute approximate surface area is 168 Å². The summed E-state index contributed by atoms with van der Waals surface area (Å²) in [4.78, 5) is 15.0. The predicted molar refractivity (Wildman–Crippen MR) is 110 cm³/mol. The molecule has 0 radical (unpaired) electrons. The van der Waals surface area contributed by atoms with E-state index in [1.165, 1.54) is 36.9 Å². The molecule has 1 saturated heterocycles. The molecule has 0 saturated carbocycles. The average molecular weight is 387 g/mol. The number of amides is 1. The van der Waals surface area contributed by atoms with E-state index in [-0.39, 0.29) is 5.91 Å². The molecule has 0 aromatic carbocycles. The van der Waals surface area contributed by atoms with E-state index in [0.29, 0.717) is 38.0 Å². The minimum absolute atomic E-state index is 0.0831. The Balaban J connectivity index is 1.42. The lowest BCUT2D eigenvalue weighted by molar-refractivity contribution is 0.0297. The maximum atomic E-state index is 13.1. The lowest BCUT2D eigenvalue weighted by Crippen LogP contribution is -2.42. The third-order valence-electron chi connectivity index (χ3n) is 6.41. The zero-order chi connectivity index (χ0) is 19.3. The van der Waals surface area contributed by atoms with Crippen molar-refractivity contribution in [1.82, 2.24) is 20.0 Å². The number of nitrogens with zero attached hydrogens (tertiary/aromatic N) is 3. The number of morpholine rings is 1. The Hall–Kier alpha value is -1.66. The second-order valence-electron chi connectivity index (χ2n) is 8.25. The van der Waals surface area contributed by atoms with Gasteiger partial charge in [-0.3, -0.25) is 9.48 Å². The van der Waals surface area contributed by atoms with E-state index < -0.39 is 0 Å². The van der Waals surface area contributed by atoms with E-state index in [1.54, 1.807) is 5.57 Å². The standard InChI is InChI=1S/C22H34N4O2/c1-2-26-20-9-8-18(23-11-10-17-6-4-3-5-7-17)16-19(20)21(24-26)22(27)25-12-14-28-15-13-25/h6,18,23H,2-5,7-16H2,1H3. The molecule has 1 unspecified atom stereocenters. The van der Waals surface area contributed by atoms with Gasteiger partial charge < -0.3 is 15.0 Å². The minimum atomic E-state index is 0.0831. The van der Waals surface area contributed by atoms with Gasteiger partial charge in [0.2, 0.25) is 0 Å². The van der Waals surface area contributed by atoms with Crippen LogP contribution in [0.4, 0.5) is 0 Å². The van der Waals surface area contributed by atoms with Crippen molar-refractivity contribution in [2.24, 2.45) is 0 Å². The Morgan fingerprint density at radius 2 is 2.14 bits per heavy atom. The van der Waals surface area contributed by atoms with E-state index in [0.717, 1.165) is 38.8 Å². The molecule has 1 fully saturated rings. The average Bonchev–Trinajstić information content (AvgIpc) is 3.12. The topological polar surface area (TPSA) is 59.4 Å². The first-order valence-electron chi connectivity index (χ1n) is 11.1. The maximum Gasteiger partial charge on any atom is 0.274 e. The van der Waals surface area contributed by atoms with Crippen molar-refractivity contribution in [1.29, 1.82) is 0 Å². The molecule has 6 nitrogen and oxygen atoms in total. The first kappa shape index (κ1) is 19.6. The van der Waals surface area contributed by atoms with Gasteiger partial charge in [-0.2, -0.15) is 5.10 Å². The van der Waals surface area contributed by atoms with E-state index >= 15 is 0 Å². The van der Waals surface area contributed by atoms with Crippen molar-refractivity contribution in [2.75, 3.05) is 32.8 Å². The van der Waals surface area contributed by atoms with Crippen LogP contribution in [0.25, 0.3) is 0 Å². The SMILES string of the molecule is CCn1nc(C(=O)N2CCOCC2)c2c1CCC(NCCC1=CCCCC1)C2. The summed E-state index contributed by atoms with van der Waals surface area (Å²) >= 11 is 0. The molecule has 1 atom stereocenters. The van der Waals surface area contributed by atoms with E-state index in [2.05, 4.69) is 18.3 Å². The van der Waals surface area contributed by atoms with Crippen LogP contribution >= 0.6 is 0 Å². The second-order valence-corrected chi connectivity index (χ2v) is 8.25. The van der Waals surface area contributed by atoms with Crippen LogP contribution in [-0.4, -0.2) is 59.5 Å². The van der Waals surface area contributed by atoms with Gasteiger partial charge in [0, 0.05) is 36.9 Å². The van der Waals surface area contributed by atoms with Crippen molar-refractivity contribution in [3.63, 3.8) is 0 Å². The largest absolute Gasteiger partial charge is 0.378 e. The second kappa shape index (κ2) is 9.23. The molecule has 2 heterocycles. The third-order valence-corrected chi connectivity index (χ3v) is 6.41. The maximum absolute atomic E-state index is 13.1. The molecule has 0 spiro atoms. The van der Waals surface area contributed by atoms with Crippen LogP contribution in [0.5, 0.6) is 0 Å². The highest BCUT2D eigenvalue weighted by molar-refractivity contribution is 5.94. The molecule has 2 aliphatic carbocycles. The van der Waals surface area contributed by atoms with Crippen LogP contribution in [0.2, 0.25) is 0 Å². The summed E-state index contributed by atoms with van der Waals surface area (Å²) in [6.45, 7) is 6.57. The summed E-state index contributed by atoms with van der Waals surface area (Å²) in [5.74, 6) is 0.0831.